The first-order chi connectivity index (χ1) is 17.0. The number of amides is 2. The van der Waals surface area contributed by atoms with E-state index in [1.54, 1.807) is 24.3 Å². The van der Waals surface area contributed by atoms with Gasteiger partial charge in [0, 0.05) is 24.6 Å². The zero-order chi connectivity index (χ0) is 24.8. The van der Waals surface area contributed by atoms with Gasteiger partial charge in [-0.3, -0.25) is 10.1 Å². The van der Waals surface area contributed by atoms with Gasteiger partial charge in [0.15, 0.2) is 0 Å². The molecule has 1 aliphatic carbocycles. The highest BCUT2D eigenvalue weighted by molar-refractivity contribution is 5.86. The van der Waals surface area contributed by atoms with E-state index in [0.29, 0.717) is 11.3 Å². The molecule has 4 rings (SSSR count). The highest BCUT2D eigenvalue weighted by atomic mass is 16.5. The molecule has 2 amide bonds. The molecular formula is C27H26N2O6. The second-order valence-electron chi connectivity index (χ2n) is 8.29. The molecule has 35 heavy (non-hydrogen) atoms. The molecule has 1 unspecified atom stereocenters. The van der Waals surface area contributed by atoms with Gasteiger partial charge < -0.3 is 20.3 Å². The van der Waals surface area contributed by atoms with Crippen molar-refractivity contribution in [3.63, 3.8) is 0 Å². The summed E-state index contributed by atoms with van der Waals surface area (Å²) < 4.78 is 5.54. The SMILES string of the molecule is O=C(Cc1ccc(NC(=O)OCC2c3ccccc3-c3ccccc32)cc1)NC(CCO)C(=O)O. The van der Waals surface area contributed by atoms with Crippen molar-refractivity contribution < 1.29 is 29.3 Å². The monoisotopic (exact) mass is 474 g/mol. The Bertz CT molecular complexity index is 1180. The smallest absolute Gasteiger partial charge is 0.411 e. The first-order valence-electron chi connectivity index (χ1n) is 11.3. The average Bonchev–Trinajstić information content (AvgIpc) is 3.17. The number of carboxylic acid groups (broad SMARTS) is 1. The number of carboxylic acids is 1. The number of benzene rings is 3. The van der Waals surface area contributed by atoms with E-state index in [1.807, 2.05) is 24.3 Å². The number of rotatable bonds is 9. The predicted octanol–water partition coefficient (Wildman–Crippen LogP) is 3.54. The third-order valence-corrected chi connectivity index (χ3v) is 5.96. The minimum Gasteiger partial charge on any atom is -0.480 e. The van der Waals surface area contributed by atoms with Gasteiger partial charge in [-0.05, 0) is 39.9 Å². The summed E-state index contributed by atoms with van der Waals surface area (Å²) in [5, 5.41) is 23.1. The van der Waals surface area contributed by atoms with Crippen molar-refractivity contribution in [2.75, 3.05) is 18.5 Å². The fourth-order valence-corrected chi connectivity index (χ4v) is 4.28. The fourth-order valence-electron chi connectivity index (χ4n) is 4.28. The summed E-state index contributed by atoms with van der Waals surface area (Å²) in [5.41, 5.74) is 5.73. The largest absolute Gasteiger partial charge is 0.480 e. The van der Waals surface area contributed by atoms with Crippen molar-refractivity contribution in [1.82, 2.24) is 5.32 Å². The summed E-state index contributed by atoms with van der Waals surface area (Å²) in [6, 6.07) is 21.7. The normalized spacial score (nSPS) is 12.8. The van der Waals surface area contributed by atoms with Crippen LogP contribution in [0.1, 0.15) is 29.0 Å². The third-order valence-electron chi connectivity index (χ3n) is 5.96. The fraction of sp³-hybridized carbons (Fsp3) is 0.222. The van der Waals surface area contributed by atoms with Crippen molar-refractivity contribution in [3.8, 4) is 11.1 Å². The Morgan fingerprint density at radius 3 is 2.06 bits per heavy atom. The van der Waals surface area contributed by atoms with E-state index in [0.717, 1.165) is 22.3 Å². The quantitative estimate of drug-likeness (QED) is 0.376. The first kappa shape index (κ1) is 24.0. The maximum atomic E-state index is 12.4. The number of aliphatic hydroxyl groups excluding tert-OH is 1. The van der Waals surface area contributed by atoms with Gasteiger partial charge in [-0.25, -0.2) is 9.59 Å². The van der Waals surface area contributed by atoms with Gasteiger partial charge >= 0.3 is 12.1 Å². The van der Waals surface area contributed by atoms with E-state index in [4.69, 9.17) is 14.9 Å². The molecule has 0 bridgehead atoms. The number of carbonyl (C=O) groups excluding carboxylic acids is 2. The number of aliphatic hydroxyl groups is 1. The van der Waals surface area contributed by atoms with Crippen molar-refractivity contribution >= 4 is 23.7 Å². The zero-order valence-electron chi connectivity index (χ0n) is 18.9. The van der Waals surface area contributed by atoms with E-state index in [9.17, 15) is 14.4 Å². The van der Waals surface area contributed by atoms with Crippen LogP contribution >= 0.6 is 0 Å². The van der Waals surface area contributed by atoms with Crippen molar-refractivity contribution in [3.05, 3.63) is 89.5 Å². The maximum absolute atomic E-state index is 12.4. The van der Waals surface area contributed by atoms with Gasteiger partial charge in [0.05, 0.1) is 6.42 Å². The molecule has 0 spiro atoms. The molecule has 8 nitrogen and oxygen atoms in total. The Hall–Kier alpha value is -4.17. The van der Waals surface area contributed by atoms with Crippen molar-refractivity contribution in [2.45, 2.75) is 24.8 Å². The van der Waals surface area contributed by atoms with E-state index in [2.05, 4.69) is 34.9 Å². The summed E-state index contributed by atoms with van der Waals surface area (Å²) in [6.07, 6.45) is -0.671. The lowest BCUT2D eigenvalue weighted by Crippen LogP contribution is -2.42. The first-order valence-corrected chi connectivity index (χ1v) is 11.3. The summed E-state index contributed by atoms with van der Waals surface area (Å²) in [7, 11) is 0. The second kappa shape index (κ2) is 10.8. The summed E-state index contributed by atoms with van der Waals surface area (Å²) in [4.78, 5) is 35.6. The number of aliphatic carboxylic acids is 1. The topological polar surface area (TPSA) is 125 Å². The predicted molar refractivity (Wildman–Crippen MR) is 130 cm³/mol. The molecule has 3 aromatic rings. The van der Waals surface area contributed by atoms with Gasteiger partial charge in [-0.15, -0.1) is 0 Å². The highest BCUT2D eigenvalue weighted by Gasteiger charge is 2.29. The molecule has 180 valence electrons. The van der Waals surface area contributed by atoms with Gasteiger partial charge in [-0.2, -0.15) is 0 Å². The van der Waals surface area contributed by atoms with Crippen LogP contribution in [0, 0.1) is 0 Å². The lowest BCUT2D eigenvalue weighted by atomic mass is 9.98. The number of ether oxygens (including phenoxy) is 1. The highest BCUT2D eigenvalue weighted by Crippen LogP contribution is 2.44. The Morgan fingerprint density at radius 1 is 0.886 bits per heavy atom. The van der Waals surface area contributed by atoms with Crippen LogP contribution in [0.5, 0.6) is 0 Å². The van der Waals surface area contributed by atoms with Crippen LogP contribution in [0.25, 0.3) is 11.1 Å². The molecule has 1 atom stereocenters. The van der Waals surface area contributed by atoms with Crippen LogP contribution in [0.15, 0.2) is 72.8 Å². The number of fused-ring (bicyclic) bond motifs is 3. The van der Waals surface area contributed by atoms with Crippen LogP contribution in [-0.2, 0) is 20.7 Å². The number of hydrogen-bond acceptors (Lipinski definition) is 5. The summed E-state index contributed by atoms with van der Waals surface area (Å²) >= 11 is 0. The minimum atomic E-state index is -1.20. The van der Waals surface area contributed by atoms with Gasteiger partial charge in [0.2, 0.25) is 5.91 Å². The molecule has 3 aromatic carbocycles. The Balaban J connectivity index is 1.31. The molecule has 0 aliphatic heterocycles. The zero-order valence-corrected chi connectivity index (χ0v) is 18.9. The van der Waals surface area contributed by atoms with E-state index >= 15 is 0 Å². The van der Waals surface area contributed by atoms with Crippen LogP contribution in [-0.4, -0.2) is 47.4 Å². The molecular weight excluding hydrogens is 448 g/mol. The Kier molecular flexibility index (Phi) is 7.42. The standard InChI is InChI=1S/C27H26N2O6/c30-14-13-24(26(32)33)29-25(31)15-17-9-11-18(12-10-17)28-27(34)35-16-23-21-7-3-1-5-19(21)20-6-2-4-8-22(20)23/h1-12,23-24,30H,13-16H2,(H,28,34)(H,29,31)(H,32,33). The van der Waals surface area contributed by atoms with Gasteiger partial charge in [0.25, 0.3) is 0 Å². The van der Waals surface area contributed by atoms with E-state index in [1.165, 1.54) is 0 Å². The Morgan fingerprint density at radius 2 is 1.49 bits per heavy atom. The molecule has 1 aliphatic rings. The molecule has 0 saturated carbocycles. The van der Waals surface area contributed by atoms with Crippen LogP contribution in [0.2, 0.25) is 0 Å². The van der Waals surface area contributed by atoms with Gasteiger partial charge in [0.1, 0.15) is 12.6 Å². The molecule has 8 heteroatoms. The summed E-state index contributed by atoms with van der Waals surface area (Å²) in [6.45, 7) is -0.135. The maximum Gasteiger partial charge on any atom is 0.411 e. The number of anilines is 1. The van der Waals surface area contributed by atoms with Crippen LogP contribution in [0.3, 0.4) is 0 Å². The number of nitrogens with one attached hydrogen (secondary N) is 2. The molecule has 0 aromatic heterocycles. The lowest BCUT2D eigenvalue weighted by molar-refractivity contribution is -0.142. The van der Waals surface area contributed by atoms with Crippen LogP contribution in [0.4, 0.5) is 10.5 Å². The average molecular weight is 475 g/mol. The molecule has 0 radical (unpaired) electrons. The second-order valence-corrected chi connectivity index (χ2v) is 8.29. The molecule has 0 heterocycles. The van der Waals surface area contributed by atoms with Gasteiger partial charge in [-0.1, -0.05) is 60.7 Å². The van der Waals surface area contributed by atoms with Crippen molar-refractivity contribution in [1.29, 1.82) is 0 Å². The summed E-state index contributed by atoms with van der Waals surface area (Å²) in [5.74, 6) is -1.70. The molecule has 0 saturated heterocycles. The lowest BCUT2D eigenvalue weighted by Gasteiger charge is -2.15. The Labute approximate surface area is 202 Å². The van der Waals surface area contributed by atoms with E-state index in [-0.39, 0.29) is 32.0 Å². The number of carbonyl (C=O) groups is 3. The molecule has 4 N–H and O–H groups in total. The number of hydrogen-bond donors (Lipinski definition) is 4. The molecule has 0 fully saturated rings. The van der Waals surface area contributed by atoms with Crippen molar-refractivity contribution in [2.24, 2.45) is 0 Å². The third kappa shape index (κ3) is 5.67. The van der Waals surface area contributed by atoms with E-state index < -0.39 is 24.0 Å². The minimum absolute atomic E-state index is 0.0273. The van der Waals surface area contributed by atoms with Crippen LogP contribution < -0.4 is 10.6 Å².